The monoisotopic (exact) mass is 152 g/mol. The van der Waals surface area contributed by atoms with E-state index in [0.717, 1.165) is 0 Å². The summed E-state index contributed by atoms with van der Waals surface area (Å²) in [5, 5.41) is 0. The van der Waals surface area contributed by atoms with Crippen molar-refractivity contribution < 1.29 is 13.2 Å². The molecule has 0 aromatic carbocycles. The molecule has 0 heterocycles. The molecular formula is C7H11F3. The Morgan fingerprint density at radius 2 is 1.70 bits per heavy atom. The molecule has 0 rings (SSSR count). The molecule has 0 fully saturated rings. The zero-order valence-corrected chi connectivity index (χ0v) is 6.29. The van der Waals surface area contributed by atoms with E-state index in [1.54, 1.807) is 13.8 Å². The van der Waals surface area contributed by atoms with E-state index in [-0.39, 0.29) is 5.92 Å². The lowest BCUT2D eigenvalue weighted by Gasteiger charge is -2.06. The third kappa shape index (κ3) is 4.41. The zero-order valence-electron chi connectivity index (χ0n) is 6.29. The highest BCUT2D eigenvalue weighted by atomic mass is 19.4. The van der Waals surface area contributed by atoms with Crippen LogP contribution in [0.25, 0.3) is 0 Å². The molecule has 0 atom stereocenters. The van der Waals surface area contributed by atoms with E-state index >= 15 is 0 Å². The molecule has 0 aromatic heterocycles. The number of halogens is 3. The predicted molar refractivity (Wildman–Crippen MR) is 34.6 cm³/mol. The number of alkyl halides is 3. The Morgan fingerprint density at radius 1 is 1.30 bits per heavy atom. The van der Waals surface area contributed by atoms with Crippen LogP contribution in [0.3, 0.4) is 0 Å². The summed E-state index contributed by atoms with van der Waals surface area (Å²) in [6, 6.07) is 0. The van der Waals surface area contributed by atoms with E-state index in [1.807, 2.05) is 0 Å². The van der Waals surface area contributed by atoms with Crippen molar-refractivity contribution in [1.82, 2.24) is 0 Å². The van der Waals surface area contributed by atoms with Crippen molar-refractivity contribution >= 4 is 0 Å². The van der Waals surface area contributed by atoms with Gasteiger partial charge in [0.25, 0.3) is 0 Å². The SMILES string of the molecule is C/C(=C\C(F)(F)F)C(C)C. The molecule has 0 saturated carbocycles. The first kappa shape index (κ1) is 9.53. The second kappa shape index (κ2) is 3.08. The first-order valence-electron chi connectivity index (χ1n) is 3.09. The smallest absolute Gasteiger partial charge is 0.167 e. The zero-order chi connectivity index (χ0) is 8.36. The quantitative estimate of drug-likeness (QED) is 0.506. The largest absolute Gasteiger partial charge is 0.409 e. The summed E-state index contributed by atoms with van der Waals surface area (Å²) in [5.74, 6) is -0.0263. The average molecular weight is 152 g/mol. The van der Waals surface area contributed by atoms with Crippen LogP contribution in [-0.2, 0) is 0 Å². The highest BCUT2D eigenvalue weighted by Crippen LogP contribution is 2.21. The van der Waals surface area contributed by atoms with E-state index in [0.29, 0.717) is 11.6 Å². The van der Waals surface area contributed by atoms with Gasteiger partial charge in [0.1, 0.15) is 0 Å². The van der Waals surface area contributed by atoms with E-state index in [4.69, 9.17) is 0 Å². The third-order valence-electron chi connectivity index (χ3n) is 1.30. The summed E-state index contributed by atoms with van der Waals surface area (Å²) in [4.78, 5) is 0. The molecule has 0 bridgehead atoms. The average Bonchev–Trinajstić information content (AvgIpc) is 1.60. The molecule has 0 aromatic rings. The van der Waals surface area contributed by atoms with Crippen molar-refractivity contribution in [2.45, 2.75) is 26.9 Å². The van der Waals surface area contributed by atoms with E-state index < -0.39 is 6.18 Å². The van der Waals surface area contributed by atoms with Crippen LogP contribution in [0.5, 0.6) is 0 Å². The van der Waals surface area contributed by atoms with Gasteiger partial charge in [0.05, 0.1) is 0 Å². The molecule has 0 radical (unpaired) electrons. The normalized spacial score (nSPS) is 14.5. The molecule has 0 spiro atoms. The minimum atomic E-state index is -4.16. The molecule has 0 aliphatic rings. The first-order chi connectivity index (χ1) is 4.33. The summed E-state index contributed by atoms with van der Waals surface area (Å²) in [6.45, 7) is 4.95. The number of allylic oxidation sites excluding steroid dienone is 2. The molecule has 0 saturated heterocycles. The maximum atomic E-state index is 11.6. The van der Waals surface area contributed by atoms with Crippen LogP contribution in [-0.4, -0.2) is 6.18 Å². The molecule has 0 unspecified atom stereocenters. The summed E-state index contributed by atoms with van der Waals surface area (Å²) in [7, 11) is 0. The molecule has 60 valence electrons. The van der Waals surface area contributed by atoms with Crippen molar-refractivity contribution in [2.75, 3.05) is 0 Å². The summed E-state index contributed by atoms with van der Waals surface area (Å²) in [6.07, 6.45) is -3.81. The molecule has 0 N–H and O–H groups in total. The first-order valence-corrected chi connectivity index (χ1v) is 3.09. The topological polar surface area (TPSA) is 0 Å². The van der Waals surface area contributed by atoms with Gasteiger partial charge in [-0.25, -0.2) is 0 Å². The van der Waals surface area contributed by atoms with E-state index in [1.165, 1.54) is 6.92 Å². The number of rotatable bonds is 1. The summed E-state index contributed by atoms with van der Waals surface area (Å²) in [5.41, 5.74) is 0.368. The van der Waals surface area contributed by atoms with Crippen LogP contribution in [0.15, 0.2) is 11.6 Å². The molecule has 3 heteroatoms. The maximum Gasteiger partial charge on any atom is 0.409 e. The minimum Gasteiger partial charge on any atom is -0.167 e. The number of hydrogen-bond acceptors (Lipinski definition) is 0. The van der Waals surface area contributed by atoms with Crippen LogP contribution in [0, 0.1) is 5.92 Å². The van der Waals surface area contributed by atoms with Gasteiger partial charge in [-0.15, -0.1) is 0 Å². The predicted octanol–water partition coefficient (Wildman–Crippen LogP) is 3.15. The van der Waals surface area contributed by atoms with Crippen molar-refractivity contribution in [3.63, 3.8) is 0 Å². The lowest BCUT2D eigenvalue weighted by Crippen LogP contribution is -2.04. The van der Waals surface area contributed by atoms with Gasteiger partial charge in [0.2, 0.25) is 0 Å². The Balaban J connectivity index is 4.17. The van der Waals surface area contributed by atoms with Gasteiger partial charge in [0.15, 0.2) is 0 Å². The third-order valence-corrected chi connectivity index (χ3v) is 1.30. The molecular weight excluding hydrogens is 141 g/mol. The number of hydrogen-bond donors (Lipinski definition) is 0. The summed E-state index contributed by atoms with van der Waals surface area (Å²) < 4.78 is 34.8. The van der Waals surface area contributed by atoms with E-state index in [9.17, 15) is 13.2 Å². The summed E-state index contributed by atoms with van der Waals surface area (Å²) >= 11 is 0. The van der Waals surface area contributed by atoms with Gasteiger partial charge in [-0.3, -0.25) is 0 Å². The Morgan fingerprint density at radius 3 is 1.80 bits per heavy atom. The highest BCUT2D eigenvalue weighted by molar-refractivity contribution is 5.04. The van der Waals surface area contributed by atoms with Crippen LogP contribution in [0.2, 0.25) is 0 Å². The van der Waals surface area contributed by atoms with Crippen molar-refractivity contribution in [3.8, 4) is 0 Å². The highest BCUT2D eigenvalue weighted by Gasteiger charge is 2.23. The second-order valence-electron chi connectivity index (χ2n) is 2.58. The van der Waals surface area contributed by atoms with Crippen LogP contribution in [0.1, 0.15) is 20.8 Å². The van der Waals surface area contributed by atoms with Crippen molar-refractivity contribution in [2.24, 2.45) is 5.92 Å². The lowest BCUT2D eigenvalue weighted by molar-refractivity contribution is -0.0808. The molecule has 0 amide bonds. The molecule has 0 aliphatic heterocycles. The second-order valence-corrected chi connectivity index (χ2v) is 2.58. The van der Waals surface area contributed by atoms with Gasteiger partial charge in [-0.1, -0.05) is 19.4 Å². The Kier molecular flexibility index (Phi) is 2.94. The van der Waals surface area contributed by atoms with Gasteiger partial charge in [-0.05, 0) is 12.8 Å². The van der Waals surface area contributed by atoms with Crippen LogP contribution in [0.4, 0.5) is 13.2 Å². The van der Waals surface area contributed by atoms with Gasteiger partial charge >= 0.3 is 6.18 Å². The Bertz CT molecular complexity index is 130. The fourth-order valence-corrected chi connectivity index (χ4v) is 0.425. The van der Waals surface area contributed by atoms with Crippen LogP contribution < -0.4 is 0 Å². The van der Waals surface area contributed by atoms with Gasteiger partial charge in [0, 0.05) is 6.08 Å². The molecule has 0 aliphatic carbocycles. The van der Waals surface area contributed by atoms with E-state index in [2.05, 4.69) is 0 Å². The van der Waals surface area contributed by atoms with Gasteiger partial charge < -0.3 is 0 Å². The Hall–Kier alpha value is -0.470. The van der Waals surface area contributed by atoms with Crippen molar-refractivity contribution in [3.05, 3.63) is 11.6 Å². The van der Waals surface area contributed by atoms with Crippen LogP contribution >= 0.6 is 0 Å². The van der Waals surface area contributed by atoms with Crippen molar-refractivity contribution in [1.29, 1.82) is 0 Å². The Labute approximate surface area is 58.7 Å². The fourth-order valence-electron chi connectivity index (χ4n) is 0.425. The minimum absolute atomic E-state index is 0.0263. The standard InChI is InChI=1S/C7H11F3/c1-5(2)6(3)4-7(8,9)10/h4-5H,1-3H3/b6-4+. The lowest BCUT2D eigenvalue weighted by atomic mass is 10.1. The molecule has 0 nitrogen and oxygen atoms in total. The maximum absolute atomic E-state index is 11.6. The molecule has 10 heavy (non-hydrogen) atoms. The van der Waals surface area contributed by atoms with Gasteiger partial charge in [-0.2, -0.15) is 13.2 Å². The fraction of sp³-hybridized carbons (Fsp3) is 0.714.